The molecule has 0 aromatic heterocycles. The van der Waals surface area contributed by atoms with Crippen molar-refractivity contribution in [3.8, 4) is 0 Å². The van der Waals surface area contributed by atoms with Gasteiger partial charge in [-0.05, 0) is 35.6 Å². The van der Waals surface area contributed by atoms with Crippen LogP contribution in [0.4, 0.5) is 0 Å². The van der Waals surface area contributed by atoms with Crippen LogP contribution in [0.3, 0.4) is 0 Å². The lowest BCUT2D eigenvalue weighted by Gasteiger charge is -2.12. The van der Waals surface area contributed by atoms with Gasteiger partial charge in [0.15, 0.2) is 0 Å². The number of carbonyl (C=O) groups is 1. The zero-order chi connectivity index (χ0) is 15.9. The van der Waals surface area contributed by atoms with Crippen LogP contribution in [0.25, 0.3) is 6.08 Å². The molecule has 2 nitrogen and oxygen atoms in total. The first kappa shape index (κ1) is 16.0. The molecule has 1 N–H and O–H groups in total. The number of rotatable bonds is 5. The Labute approximate surface area is 132 Å². The van der Waals surface area contributed by atoms with E-state index < -0.39 is 0 Å². The summed E-state index contributed by atoms with van der Waals surface area (Å²) in [6.07, 6.45) is 3.43. The Bertz CT molecular complexity index is 627. The molecule has 114 valence electrons. The van der Waals surface area contributed by atoms with Crippen LogP contribution in [0.5, 0.6) is 0 Å². The molecule has 0 aliphatic heterocycles. The molecule has 0 fully saturated rings. The highest BCUT2D eigenvalue weighted by Crippen LogP contribution is 2.15. The minimum Gasteiger partial charge on any atom is -0.346 e. The topological polar surface area (TPSA) is 29.1 Å². The first-order valence-corrected chi connectivity index (χ1v) is 7.69. The van der Waals surface area contributed by atoms with Gasteiger partial charge in [0.05, 0.1) is 6.04 Å². The molecule has 0 saturated heterocycles. The standard InChI is InChI=1S/C20H23NO/c1-15(2)18-12-9-17(10-13-18)11-14-20(22)21-16(3)19-7-5-4-6-8-19/h4-16H,1-3H3,(H,21,22)/b14-11+. The molecular weight excluding hydrogens is 270 g/mol. The van der Waals surface area contributed by atoms with Crippen molar-refractivity contribution >= 4 is 12.0 Å². The summed E-state index contributed by atoms with van der Waals surface area (Å²) in [6, 6.07) is 18.2. The first-order valence-electron chi connectivity index (χ1n) is 7.69. The Hall–Kier alpha value is -2.35. The van der Waals surface area contributed by atoms with Crippen molar-refractivity contribution in [1.82, 2.24) is 5.32 Å². The second-order valence-corrected chi connectivity index (χ2v) is 5.80. The van der Waals surface area contributed by atoms with Gasteiger partial charge in [-0.1, -0.05) is 68.4 Å². The maximum absolute atomic E-state index is 12.0. The number of amides is 1. The van der Waals surface area contributed by atoms with Crippen LogP contribution < -0.4 is 5.32 Å². The Balaban J connectivity index is 1.93. The van der Waals surface area contributed by atoms with Gasteiger partial charge in [-0.25, -0.2) is 0 Å². The van der Waals surface area contributed by atoms with Crippen LogP contribution in [0, 0.1) is 0 Å². The highest BCUT2D eigenvalue weighted by Gasteiger charge is 2.06. The van der Waals surface area contributed by atoms with Crippen molar-refractivity contribution in [3.05, 3.63) is 77.4 Å². The average molecular weight is 293 g/mol. The first-order chi connectivity index (χ1) is 10.6. The summed E-state index contributed by atoms with van der Waals surface area (Å²) in [5, 5.41) is 2.97. The minimum absolute atomic E-state index is 0.00154. The third kappa shape index (κ3) is 4.59. The van der Waals surface area contributed by atoms with Gasteiger partial charge in [-0.2, -0.15) is 0 Å². The zero-order valence-electron chi connectivity index (χ0n) is 13.4. The predicted octanol–water partition coefficient (Wildman–Crippen LogP) is 4.70. The van der Waals surface area contributed by atoms with E-state index >= 15 is 0 Å². The van der Waals surface area contributed by atoms with Crippen molar-refractivity contribution < 1.29 is 4.79 Å². The van der Waals surface area contributed by atoms with Gasteiger partial charge in [0.1, 0.15) is 0 Å². The maximum Gasteiger partial charge on any atom is 0.244 e. The van der Waals surface area contributed by atoms with Gasteiger partial charge < -0.3 is 5.32 Å². The summed E-state index contributed by atoms with van der Waals surface area (Å²) in [6.45, 7) is 6.32. The van der Waals surface area contributed by atoms with E-state index in [2.05, 4.69) is 31.3 Å². The van der Waals surface area contributed by atoms with E-state index in [9.17, 15) is 4.79 Å². The van der Waals surface area contributed by atoms with Gasteiger partial charge in [0.25, 0.3) is 0 Å². The molecule has 2 heteroatoms. The Morgan fingerprint density at radius 1 is 0.909 bits per heavy atom. The van der Waals surface area contributed by atoms with Crippen LogP contribution in [-0.2, 0) is 4.79 Å². The zero-order valence-corrected chi connectivity index (χ0v) is 13.4. The SMILES string of the molecule is CC(C)c1ccc(/C=C/C(=O)NC(C)c2ccccc2)cc1. The molecule has 2 aromatic rings. The Morgan fingerprint density at radius 3 is 2.14 bits per heavy atom. The summed E-state index contributed by atoms with van der Waals surface area (Å²) < 4.78 is 0. The third-order valence-corrected chi connectivity index (χ3v) is 3.69. The quantitative estimate of drug-likeness (QED) is 0.795. The molecule has 0 heterocycles. The summed E-state index contributed by atoms with van der Waals surface area (Å²) in [5.41, 5.74) is 3.44. The highest BCUT2D eigenvalue weighted by atomic mass is 16.1. The fourth-order valence-corrected chi connectivity index (χ4v) is 2.25. The average Bonchev–Trinajstić information content (AvgIpc) is 2.54. The van der Waals surface area contributed by atoms with Gasteiger partial charge in [-0.15, -0.1) is 0 Å². The monoisotopic (exact) mass is 293 g/mol. The highest BCUT2D eigenvalue weighted by molar-refractivity contribution is 5.91. The second-order valence-electron chi connectivity index (χ2n) is 5.80. The molecule has 2 aromatic carbocycles. The largest absolute Gasteiger partial charge is 0.346 e. The van der Waals surface area contributed by atoms with E-state index in [4.69, 9.17) is 0 Å². The molecule has 1 unspecified atom stereocenters. The molecule has 0 aliphatic carbocycles. The van der Waals surface area contributed by atoms with E-state index in [1.807, 2.05) is 55.5 Å². The Kier molecular flexibility index (Phi) is 5.54. The fraction of sp³-hybridized carbons (Fsp3) is 0.250. The van der Waals surface area contributed by atoms with Crippen molar-refractivity contribution in [1.29, 1.82) is 0 Å². The normalized spacial score (nSPS) is 12.5. The molecule has 0 aliphatic rings. The van der Waals surface area contributed by atoms with Crippen molar-refractivity contribution in [3.63, 3.8) is 0 Å². The lowest BCUT2D eigenvalue weighted by atomic mass is 10.0. The predicted molar refractivity (Wildman–Crippen MR) is 92.6 cm³/mol. The van der Waals surface area contributed by atoms with Crippen molar-refractivity contribution in [2.24, 2.45) is 0 Å². The van der Waals surface area contributed by atoms with Gasteiger partial charge in [0.2, 0.25) is 5.91 Å². The third-order valence-electron chi connectivity index (χ3n) is 3.69. The van der Waals surface area contributed by atoms with Crippen LogP contribution in [0.2, 0.25) is 0 Å². The Morgan fingerprint density at radius 2 is 1.55 bits per heavy atom. The summed E-state index contributed by atoms with van der Waals surface area (Å²) in [4.78, 5) is 12.0. The van der Waals surface area contributed by atoms with Gasteiger partial charge in [0, 0.05) is 6.08 Å². The smallest absolute Gasteiger partial charge is 0.244 e. The van der Waals surface area contributed by atoms with Crippen LogP contribution >= 0.6 is 0 Å². The number of carbonyl (C=O) groups excluding carboxylic acids is 1. The van der Waals surface area contributed by atoms with Crippen LogP contribution in [0.15, 0.2) is 60.7 Å². The minimum atomic E-state index is -0.0794. The van der Waals surface area contributed by atoms with Gasteiger partial charge in [-0.3, -0.25) is 4.79 Å². The van der Waals surface area contributed by atoms with Crippen molar-refractivity contribution in [2.75, 3.05) is 0 Å². The number of hydrogen-bond acceptors (Lipinski definition) is 1. The summed E-state index contributed by atoms with van der Waals surface area (Å²) >= 11 is 0. The molecule has 1 amide bonds. The van der Waals surface area contributed by atoms with E-state index in [1.165, 1.54) is 5.56 Å². The van der Waals surface area contributed by atoms with Crippen LogP contribution in [0.1, 0.15) is 49.4 Å². The summed E-state index contributed by atoms with van der Waals surface area (Å²) in [5.74, 6) is 0.442. The van der Waals surface area contributed by atoms with Crippen molar-refractivity contribution in [2.45, 2.75) is 32.7 Å². The number of benzene rings is 2. The second kappa shape index (κ2) is 7.60. The van der Waals surface area contributed by atoms with Crippen LogP contribution in [-0.4, -0.2) is 5.91 Å². The fourth-order valence-electron chi connectivity index (χ4n) is 2.25. The molecule has 0 saturated carbocycles. The number of hydrogen-bond donors (Lipinski definition) is 1. The molecule has 2 rings (SSSR count). The summed E-state index contributed by atoms with van der Waals surface area (Å²) in [7, 11) is 0. The molecule has 0 radical (unpaired) electrons. The molecule has 22 heavy (non-hydrogen) atoms. The van der Waals surface area contributed by atoms with E-state index in [-0.39, 0.29) is 11.9 Å². The van der Waals surface area contributed by atoms with E-state index in [0.717, 1.165) is 11.1 Å². The lowest BCUT2D eigenvalue weighted by molar-refractivity contribution is -0.117. The van der Waals surface area contributed by atoms with E-state index in [1.54, 1.807) is 6.08 Å². The molecule has 0 bridgehead atoms. The molecular formula is C20H23NO. The van der Waals surface area contributed by atoms with Gasteiger partial charge >= 0.3 is 0 Å². The maximum atomic E-state index is 12.0. The lowest BCUT2D eigenvalue weighted by Crippen LogP contribution is -2.24. The number of nitrogens with one attached hydrogen (secondary N) is 1. The molecule has 1 atom stereocenters. The van der Waals surface area contributed by atoms with E-state index in [0.29, 0.717) is 5.92 Å². The molecule has 0 spiro atoms.